The molecule has 3 rings (SSSR count). The third-order valence-electron chi connectivity index (χ3n) is 3.74. The van der Waals surface area contributed by atoms with E-state index in [-0.39, 0.29) is 27.1 Å². The predicted octanol–water partition coefficient (Wildman–Crippen LogP) is 3.11. The van der Waals surface area contributed by atoms with Gasteiger partial charge in [0.2, 0.25) is 0 Å². The SMILES string of the molecule is COCCn1c(-c2c[nH]c3c(C(F)(F)F)cccc3c2=O)n[nH]c1=S. The minimum Gasteiger partial charge on any atom is -0.383 e. The van der Waals surface area contributed by atoms with Crippen LogP contribution in [0.4, 0.5) is 13.2 Å². The highest BCUT2D eigenvalue weighted by molar-refractivity contribution is 7.71. The number of benzene rings is 1. The highest BCUT2D eigenvalue weighted by Crippen LogP contribution is 2.33. The minimum atomic E-state index is -4.57. The van der Waals surface area contributed by atoms with Crippen molar-refractivity contribution in [1.82, 2.24) is 19.7 Å². The number of fused-ring (bicyclic) bond motifs is 1. The van der Waals surface area contributed by atoms with Crippen LogP contribution >= 0.6 is 12.2 Å². The first-order chi connectivity index (χ1) is 11.8. The van der Waals surface area contributed by atoms with E-state index in [9.17, 15) is 18.0 Å². The topological polar surface area (TPSA) is 75.7 Å². The lowest BCUT2D eigenvalue weighted by Crippen LogP contribution is -2.14. The van der Waals surface area contributed by atoms with Gasteiger partial charge in [0.25, 0.3) is 0 Å². The molecule has 3 aromatic rings. The Morgan fingerprint density at radius 3 is 2.80 bits per heavy atom. The van der Waals surface area contributed by atoms with Gasteiger partial charge in [-0.3, -0.25) is 14.5 Å². The summed E-state index contributed by atoms with van der Waals surface area (Å²) in [6, 6.07) is 3.46. The lowest BCUT2D eigenvalue weighted by atomic mass is 10.1. The molecule has 0 aliphatic heterocycles. The Hall–Kier alpha value is -2.46. The van der Waals surface area contributed by atoms with E-state index >= 15 is 0 Å². The first-order valence-corrected chi connectivity index (χ1v) is 7.61. The molecule has 0 unspecified atom stereocenters. The Morgan fingerprint density at radius 2 is 2.12 bits per heavy atom. The van der Waals surface area contributed by atoms with Crippen molar-refractivity contribution in [1.29, 1.82) is 0 Å². The number of para-hydroxylation sites is 1. The monoisotopic (exact) mass is 370 g/mol. The lowest BCUT2D eigenvalue weighted by Gasteiger charge is -2.11. The summed E-state index contributed by atoms with van der Waals surface area (Å²) in [6.45, 7) is 0.686. The van der Waals surface area contributed by atoms with Crippen molar-refractivity contribution < 1.29 is 17.9 Å². The second kappa shape index (κ2) is 6.45. The number of H-pyrrole nitrogens is 2. The number of rotatable bonds is 4. The summed E-state index contributed by atoms with van der Waals surface area (Å²) in [4.78, 5) is 15.3. The molecule has 0 radical (unpaired) electrons. The minimum absolute atomic E-state index is 0.0699. The zero-order chi connectivity index (χ0) is 18.2. The predicted molar refractivity (Wildman–Crippen MR) is 87.9 cm³/mol. The molecule has 0 saturated carbocycles. The van der Waals surface area contributed by atoms with Gasteiger partial charge in [-0.2, -0.15) is 18.3 Å². The number of alkyl halides is 3. The highest BCUT2D eigenvalue weighted by Gasteiger charge is 2.33. The number of aromatic nitrogens is 4. The van der Waals surface area contributed by atoms with E-state index in [0.717, 1.165) is 6.07 Å². The Kier molecular flexibility index (Phi) is 4.48. The molecule has 0 atom stereocenters. The average Bonchev–Trinajstić information content (AvgIpc) is 2.92. The molecular weight excluding hydrogens is 357 g/mol. The fraction of sp³-hybridized carbons (Fsp3) is 0.267. The number of aromatic amines is 2. The van der Waals surface area contributed by atoms with Crippen LogP contribution in [0.5, 0.6) is 0 Å². The van der Waals surface area contributed by atoms with E-state index in [0.29, 0.717) is 13.2 Å². The molecule has 1 aromatic carbocycles. The van der Waals surface area contributed by atoms with Crippen LogP contribution in [0, 0.1) is 4.77 Å². The van der Waals surface area contributed by atoms with Gasteiger partial charge in [0, 0.05) is 18.7 Å². The van der Waals surface area contributed by atoms with E-state index in [4.69, 9.17) is 17.0 Å². The number of hydrogen-bond acceptors (Lipinski definition) is 4. The van der Waals surface area contributed by atoms with Crippen molar-refractivity contribution in [2.45, 2.75) is 12.7 Å². The molecule has 0 bridgehead atoms. The van der Waals surface area contributed by atoms with Gasteiger partial charge in [0.05, 0.1) is 29.8 Å². The van der Waals surface area contributed by atoms with Crippen molar-refractivity contribution >= 4 is 23.1 Å². The van der Waals surface area contributed by atoms with E-state index < -0.39 is 17.2 Å². The maximum absolute atomic E-state index is 13.1. The molecule has 6 nitrogen and oxygen atoms in total. The molecule has 0 fully saturated rings. The maximum Gasteiger partial charge on any atom is 0.418 e. The van der Waals surface area contributed by atoms with E-state index in [1.165, 1.54) is 25.4 Å². The number of methoxy groups -OCH3 is 1. The Labute approximate surface area is 144 Å². The van der Waals surface area contributed by atoms with Gasteiger partial charge in [-0.25, -0.2) is 0 Å². The molecule has 0 spiro atoms. The van der Waals surface area contributed by atoms with E-state index in [2.05, 4.69) is 15.2 Å². The highest BCUT2D eigenvalue weighted by atomic mass is 32.1. The summed E-state index contributed by atoms with van der Waals surface area (Å²) >= 11 is 5.12. The molecule has 2 heterocycles. The quantitative estimate of drug-likeness (QED) is 0.692. The lowest BCUT2D eigenvalue weighted by molar-refractivity contribution is -0.136. The molecule has 0 aliphatic rings. The van der Waals surface area contributed by atoms with Crippen molar-refractivity contribution in [3.63, 3.8) is 0 Å². The van der Waals surface area contributed by atoms with Crippen LogP contribution in [0.15, 0.2) is 29.2 Å². The summed E-state index contributed by atoms with van der Waals surface area (Å²) in [5.41, 5.74) is -1.60. The Morgan fingerprint density at radius 1 is 1.36 bits per heavy atom. The summed E-state index contributed by atoms with van der Waals surface area (Å²) in [7, 11) is 1.52. The second-order valence-corrected chi connectivity index (χ2v) is 5.64. The normalized spacial score (nSPS) is 12.0. The summed E-state index contributed by atoms with van der Waals surface area (Å²) in [5.74, 6) is 0.239. The van der Waals surface area contributed by atoms with Crippen LogP contribution in [-0.4, -0.2) is 33.5 Å². The van der Waals surface area contributed by atoms with Gasteiger partial charge in [-0.15, -0.1) is 0 Å². The van der Waals surface area contributed by atoms with E-state index in [1.54, 1.807) is 4.57 Å². The zero-order valence-corrected chi connectivity index (χ0v) is 13.8. The summed E-state index contributed by atoms with van der Waals surface area (Å²) < 4.78 is 46.2. The first-order valence-electron chi connectivity index (χ1n) is 7.20. The van der Waals surface area contributed by atoms with Crippen molar-refractivity contribution in [2.24, 2.45) is 0 Å². The molecule has 132 valence electrons. The molecular formula is C15H13F3N4O2S. The number of halogens is 3. The third kappa shape index (κ3) is 3.10. The number of pyridine rings is 1. The van der Waals surface area contributed by atoms with Gasteiger partial charge in [-0.05, 0) is 24.4 Å². The van der Waals surface area contributed by atoms with Crippen LogP contribution in [0.2, 0.25) is 0 Å². The van der Waals surface area contributed by atoms with Gasteiger partial charge >= 0.3 is 6.18 Å². The molecule has 10 heteroatoms. The summed E-state index contributed by atoms with van der Waals surface area (Å²) in [6.07, 6.45) is -3.35. The van der Waals surface area contributed by atoms with Crippen LogP contribution in [0.25, 0.3) is 22.3 Å². The van der Waals surface area contributed by atoms with Crippen molar-refractivity contribution in [3.8, 4) is 11.4 Å². The van der Waals surface area contributed by atoms with Crippen LogP contribution in [-0.2, 0) is 17.5 Å². The average molecular weight is 370 g/mol. The number of hydrogen-bond donors (Lipinski definition) is 2. The second-order valence-electron chi connectivity index (χ2n) is 5.25. The maximum atomic E-state index is 13.1. The molecule has 0 aliphatic carbocycles. The fourth-order valence-corrected chi connectivity index (χ4v) is 2.79. The fourth-order valence-electron chi connectivity index (χ4n) is 2.57. The van der Waals surface area contributed by atoms with Gasteiger partial charge in [-0.1, -0.05) is 6.07 Å². The third-order valence-corrected chi connectivity index (χ3v) is 4.05. The number of nitrogens with zero attached hydrogens (tertiary/aromatic N) is 2. The molecule has 0 saturated heterocycles. The van der Waals surface area contributed by atoms with Gasteiger partial charge < -0.3 is 9.72 Å². The van der Waals surface area contributed by atoms with E-state index in [1.807, 2.05) is 0 Å². The largest absolute Gasteiger partial charge is 0.418 e. The van der Waals surface area contributed by atoms with Gasteiger partial charge in [0.15, 0.2) is 16.0 Å². The Bertz CT molecular complexity index is 1040. The summed E-state index contributed by atoms with van der Waals surface area (Å²) in [5, 5.41) is 6.54. The molecule has 25 heavy (non-hydrogen) atoms. The molecule has 2 aromatic heterocycles. The standard InChI is InChI=1S/C15H13F3N4O2S/c1-24-6-5-22-13(20-21-14(22)25)9-7-19-11-8(12(9)23)3-2-4-10(11)15(16,17)18/h2-4,7H,5-6H2,1H3,(H,19,23)(H,21,25). The first kappa shape index (κ1) is 17.4. The number of ether oxygens (including phenoxy) is 1. The molecule has 2 N–H and O–H groups in total. The van der Waals surface area contributed by atoms with Crippen molar-refractivity contribution in [3.05, 3.63) is 45.0 Å². The molecule has 0 amide bonds. The van der Waals surface area contributed by atoms with Crippen LogP contribution in [0.3, 0.4) is 0 Å². The van der Waals surface area contributed by atoms with Crippen LogP contribution < -0.4 is 5.43 Å². The zero-order valence-electron chi connectivity index (χ0n) is 13.0. The van der Waals surface area contributed by atoms with Crippen LogP contribution in [0.1, 0.15) is 5.56 Å². The van der Waals surface area contributed by atoms with Gasteiger partial charge in [0.1, 0.15) is 0 Å². The smallest absolute Gasteiger partial charge is 0.383 e. The van der Waals surface area contributed by atoms with Crippen molar-refractivity contribution in [2.75, 3.05) is 13.7 Å². The number of nitrogens with one attached hydrogen (secondary N) is 2. The Balaban J connectivity index is 2.23.